The maximum Gasteiger partial charge on any atom is 0.248 e. The molecule has 1 fully saturated rings. The second-order valence-electron chi connectivity index (χ2n) is 6.66. The van der Waals surface area contributed by atoms with Crippen LogP contribution in [0, 0.1) is 0 Å². The summed E-state index contributed by atoms with van der Waals surface area (Å²) < 4.78 is 33.4. The van der Waals surface area contributed by atoms with Crippen molar-refractivity contribution in [1.29, 1.82) is 0 Å². The lowest BCUT2D eigenvalue weighted by Crippen LogP contribution is -2.39. The maximum atomic E-state index is 13.0. The molecule has 1 aromatic carbocycles. The molecule has 3 heterocycles. The molecule has 0 spiro atoms. The third kappa shape index (κ3) is 3.69. The maximum absolute atomic E-state index is 13.0. The zero-order valence-electron chi connectivity index (χ0n) is 15.0. The van der Waals surface area contributed by atoms with Crippen LogP contribution in [0.2, 0.25) is 0 Å². The van der Waals surface area contributed by atoms with Gasteiger partial charge in [0, 0.05) is 24.0 Å². The van der Waals surface area contributed by atoms with Gasteiger partial charge in [0.1, 0.15) is 0 Å². The Kier molecular flexibility index (Phi) is 5.12. The Morgan fingerprint density at radius 2 is 2.04 bits per heavy atom. The fraction of sp³-hybridized carbons (Fsp3) is 0.368. The molecule has 27 heavy (non-hydrogen) atoms. The summed E-state index contributed by atoms with van der Waals surface area (Å²) in [6.45, 7) is 2.93. The molecular formula is C19H21N3O3S2. The summed E-state index contributed by atoms with van der Waals surface area (Å²) in [5.74, 6) is 0.919. The van der Waals surface area contributed by atoms with Crippen LogP contribution in [-0.2, 0) is 16.4 Å². The molecule has 4 rings (SSSR count). The van der Waals surface area contributed by atoms with E-state index in [2.05, 4.69) is 10.2 Å². The first-order valence-corrected chi connectivity index (χ1v) is 11.4. The summed E-state index contributed by atoms with van der Waals surface area (Å²) >= 11 is 1.57. The van der Waals surface area contributed by atoms with Gasteiger partial charge in [0.05, 0.1) is 10.8 Å². The number of hydrogen-bond donors (Lipinski definition) is 0. The quantitative estimate of drug-likeness (QED) is 0.645. The Balaban J connectivity index is 1.53. The highest BCUT2D eigenvalue weighted by molar-refractivity contribution is 7.89. The first-order chi connectivity index (χ1) is 13.1. The molecule has 1 saturated heterocycles. The van der Waals surface area contributed by atoms with Crippen LogP contribution in [0.25, 0.3) is 11.5 Å². The fourth-order valence-electron chi connectivity index (χ4n) is 3.31. The smallest absolute Gasteiger partial charge is 0.248 e. The number of sulfonamides is 1. The van der Waals surface area contributed by atoms with E-state index < -0.39 is 10.0 Å². The summed E-state index contributed by atoms with van der Waals surface area (Å²) in [5, 5.41) is 12.2. The molecule has 6 nitrogen and oxygen atoms in total. The Bertz CT molecular complexity index is 995. The van der Waals surface area contributed by atoms with E-state index in [0.29, 0.717) is 29.8 Å². The van der Waals surface area contributed by atoms with Crippen LogP contribution < -0.4 is 0 Å². The number of rotatable bonds is 5. The molecule has 0 N–H and O–H groups in total. The molecule has 3 aromatic rings. The normalized spacial score (nSPS) is 18.6. The number of benzene rings is 1. The molecule has 142 valence electrons. The molecule has 1 aliphatic heterocycles. The topological polar surface area (TPSA) is 76.3 Å². The Hall–Kier alpha value is -2.03. The van der Waals surface area contributed by atoms with Gasteiger partial charge in [-0.3, -0.25) is 0 Å². The number of piperidine rings is 1. The molecule has 1 aliphatic rings. The average Bonchev–Trinajstić information content (AvgIpc) is 3.40. The lowest BCUT2D eigenvalue weighted by atomic mass is 10.00. The van der Waals surface area contributed by atoms with Gasteiger partial charge in [-0.25, -0.2) is 8.42 Å². The van der Waals surface area contributed by atoms with Crippen LogP contribution in [0.5, 0.6) is 0 Å². The van der Waals surface area contributed by atoms with Crippen molar-refractivity contribution in [2.45, 2.75) is 37.0 Å². The van der Waals surface area contributed by atoms with Gasteiger partial charge in [0.25, 0.3) is 0 Å². The van der Waals surface area contributed by atoms with Gasteiger partial charge in [-0.1, -0.05) is 19.1 Å². The summed E-state index contributed by atoms with van der Waals surface area (Å²) in [6, 6.07) is 9.07. The van der Waals surface area contributed by atoms with Gasteiger partial charge in [0.15, 0.2) is 0 Å². The zero-order chi connectivity index (χ0) is 18.9. The van der Waals surface area contributed by atoms with E-state index in [9.17, 15) is 8.42 Å². The van der Waals surface area contributed by atoms with Crippen LogP contribution >= 0.6 is 11.3 Å². The van der Waals surface area contributed by atoms with Crippen molar-refractivity contribution in [2.24, 2.45) is 0 Å². The van der Waals surface area contributed by atoms with Crippen molar-refractivity contribution >= 4 is 21.4 Å². The molecule has 2 aromatic heterocycles. The van der Waals surface area contributed by atoms with E-state index in [0.717, 1.165) is 30.4 Å². The Labute approximate surface area is 162 Å². The minimum Gasteiger partial charge on any atom is -0.420 e. The molecule has 0 saturated carbocycles. The van der Waals surface area contributed by atoms with Crippen LogP contribution in [0.4, 0.5) is 0 Å². The fourth-order valence-corrected chi connectivity index (χ4v) is 5.46. The first-order valence-electron chi connectivity index (χ1n) is 9.03. The summed E-state index contributed by atoms with van der Waals surface area (Å²) in [6.07, 6.45) is 2.49. The highest BCUT2D eigenvalue weighted by atomic mass is 32.2. The summed E-state index contributed by atoms with van der Waals surface area (Å²) in [7, 11) is -3.52. The number of aromatic nitrogens is 2. The van der Waals surface area contributed by atoms with Gasteiger partial charge in [0.2, 0.25) is 21.8 Å². The lowest BCUT2D eigenvalue weighted by Gasteiger charge is -2.30. The van der Waals surface area contributed by atoms with E-state index in [1.54, 1.807) is 23.5 Å². The van der Waals surface area contributed by atoms with Crippen molar-refractivity contribution in [3.63, 3.8) is 0 Å². The van der Waals surface area contributed by atoms with E-state index >= 15 is 0 Å². The number of nitrogens with zero attached hydrogens (tertiary/aromatic N) is 3. The van der Waals surface area contributed by atoms with Crippen LogP contribution in [0.1, 0.15) is 37.1 Å². The predicted molar refractivity (Wildman–Crippen MR) is 104 cm³/mol. The van der Waals surface area contributed by atoms with Crippen LogP contribution in [0.3, 0.4) is 0 Å². The van der Waals surface area contributed by atoms with Gasteiger partial charge < -0.3 is 4.42 Å². The molecule has 0 bridgehead atoms. The second-order valence-corrected chi connectivity index (χ2v) is 9.38. The minimum absolute atomic E-state index is 0.0803. The highest BCUT2D eigenvalue weighted by Crippen LogP contribution is 2.31. The van der Waals surface area contributed by atoms with Gasteiger partial charge in [-0.15, -0.1) is 10.2 Å². The SMILES string of the molecule is CCc1ccc(S(=O)(=O)N2CCCC(c3nnc(-c4ccsc4)o3)C2)cc1. The van der Waals surface area contributed by atoms with Crippen LogP contribution in [-0.4, -0.2) is 36.0 Å². The monoisotopic (exact) mass is 403 g/mol. The average molecular weight is 404 g/mol. The minimum atomic E-state index is -3.52. The summed E-state index contributed by atoms with van der Waals surface area (Å²) in [4.78, 5) is 0.338. The van der Waals surface area contributed by atoms with Crippen molar-refractivity contribution in [2.75, 3.05) is 13.1 Å². The number of aryl methyl sites for hydroxylation is 1. The van der Waals surface area contributed by atoms with E-state index in [4.69, 9.17) is 4.42 Å². The molecule has 0 amide bonds. The van der Waals surface area contributed by atoms with Crippen molar-refractivity contribution in [3.05, 3.63) is 52.5 Å². The van der Waals surface area contributed by atoms with E-state index in [-0.39, 0.29) is 5.92 Å². The summed E-state index contributed by atoms with van der Waals surface area (Å²) in [5.41, 5.74) is 2.02. The second kappa shape index (κ2) is 7.53. The van der Waals surface area contributed by atoms with Gasteiger partial charge in [-0.2, -0.15) is 15.6 Å². The Morgan fingerprint density at radius 3 is 2.74 bits per heavy atom. The highest BCUT2D eigenvalue weighted by Gasteiger charge is 2.33. The third-order valence-corrected chi connectivity index (χ3v) is 7.47. The number of thiophene rings is 1. The zero-order valence-corrected chi connectivity index (χ0v) is 16.7. The Morgan fingerprint density at radius 1 is 1.22 bits per heavy atom. The van der Waals surface area contributed by atoms with E-state index in [1.807, 2.05) is 35.9 Å². The molecule has 0 aliphatic carbocycles. The van der Waals surface area contributed by atoms with Gasteiger partial charge in [-0.05, 0) is 48.4 Å². The molecule has 0 radical (unpaired) electrons. The first kappa shape index (κ1) is 18.3. The van der Waals surface area contributed by atoms with Gasteiger partial charge >= 0.3 is 0 Å². The van der Waals surface area contributed by atoms with Crippen LogP contribution in [0.15, 0.2) is 50.4 Å². The lowest BCUT2D eigenvalue weighted by molar-refractivity contribution is 0.286. The molecule has 1 atom stereocenters. The molecule has 8 heteroatoms. The standard InChI is InChI=1S/C19H21N3O3S2/c1-2-14-5-7-17(8-6-14)27(23,24)22-10-3-4-15(12-22)18-20-21-19(25-18)16-9-11-26-13-16/h5-9,11,13,15H,2-4,10,12H2,1H3. The van der Waals surface area contributed by atoms with Crippen molar-refractivity contribution in [3.8, 4) is 11.5 Å². The van der Waals surface area contributed by atoms with Crippen molar-refractivity contribution < 1.29 is 12.8 Å². The predicted octanol–water partition coefficient (Wildman–Crippen LogP) is 3.93. The number of hydrogen-bond acceptors (Lipinski definition) is 6. The molecular weight excluding hydrogens is 382 g/mol. The van der Waals surface area contributed by atoms with E-state index in [1.165, 1.54) is 4.31 Å². The molecule has 1 unspecified atom stereocenters. The third-order valence-electron chi connectivity index (χ3n) is 4.91. The van der Waals surface area contributed by atoms with Crippen molar-refractivity contribution in [1.82, 2.24) is 14.5 Å². The largest absolute Gasteiger partial charge is 0.420 e.